The molecule has 1 atom stereocenters. The molecule has 2 fully saturated rings. The number of fused-ring (bicyclic) bond motifs is 1. The van der Waals surface area contributed by atoms with Crippen LogP contribution in [0.15, 0.2) is 0 Å². The summed E-state index contributed by atoms with van der Waals surface area (Å²) in [6.07, 6.45) is 3.65. The zero-order valence-electron chi connectivity index (χ0n) is 8.14. The van der Waals surface area contributed by atoms with Crippen LogP contribution in [0.5, 0.6) is 0 Å². The Morgan fingerprint density at radius 3 is 2.75 bits per heavy atom. The van der Waals surface area contributed by atoms with Gasteiger partial charge in [-0.15, -0.1) is 0 Å². The first-order valence-electron chi connectivity index (χ1n) is 4.94. The maximum absolute atomic E-state index is 9.42. The third-order valence-corrected chi connectivity index (χ3v) is 3.46. The van der Waals surface area contributed by atoms with Gasteiger partial charge in [0.25, 0.3) is 0 Å². The van der Waals surface area contributed by atoms with E-state index in [1.807, 2.05) is 0 Å². The minimum atomic E-state index is 0.170. The number of rotatable bonds is 1. The van der Waals surface area contributed by atoms with Crippen LogP contribution in [0.2, 0.25) is 0 Å². The summed E-state index contributed by atoms with van der Waals surface area (Å²) in [5.41, 5.74) is 0.590. The summed E-state index contributed by atoms with van der Waals surface area (Å²) in [7, 11) is 0. The van der Waals surface area contributed by atoms with Gasteiger partial charge in [-0.3, -0.25) is 4.90 Å². The minimum Gasteiger partial charge on any atom is -0.394 e. The predicted octanol–water partition coefficient (Wildman–Crippen LogP) is 1.24. The van der Waals surface area contributed by atoms with Crippen molar-refractivity contribution in [3.8, 4) is 0 Å². The van der Waals surface area contributed by atoms with E-state index < -0.39 is 0 Å². The molecule has 1 N–H and O–H groups in total. The van der Waals surface area contributed by atoms with Gasteiger partial charge in [-0.1, -0.05) is 13.8 Å². The highest BCUT2D eigenvalue weighted by Crippen LogP contribution is 2.46. The van der Waals surface area contributed by atoms with E-state index in [-0.39, 0.29) is 5.54 Å². The van der Waals surface area contributed by atoms with Crippen molar-refractivity contribution < 1.29 is 5.11 Å². The van der Waals surface area contributed by atoms with Gasteiger partial charge in [0.2, 0.25) is 0 Å². The van der Waals surface area contributed by atoms with Gasteiger partial charge in [-0.05, 0) is 31.2 Å². The molecule has 0 aromatic carbocycles. The normalized spacial score (nSPS) is 40.2. The fraction of sp³-hybridized carbons (Fsp3) is 1.00. The third-order valence-electron chi connectivity index (χ3n) is 3.46. The first-order chi connectivity index (χ1) is 5.58. The van der Waals surface area contributed by atoms with Crippen LogP contribution in [0.3, 0.4) is 0 Å². The molecule has 0 amide bonds. The lowest BCUT2D eigenvalue weighted by molar-refractivity contribution is 0.0995. The average Bonchev–Trinajstić information content (AvgIpc) is 2.40. The first kappa shape index (κ1) is 8.52. The Morgan fingerprint density at radius 2 is 2.17 bits per heavy atom. The topological polar surface area (TPSA) is 23.5 Å². The number of hydrogen-bond acceptors (Lipinski definition) is 2. The van der Waals surface area contributed by atoms with Crippen molar-refractivity contribution in [2.75, 3.05) is 19.7 Å². The van der Waals surface area contributed by atoms with Gasteiger partial charge in [0.15, 0.2) is 0 Å². The Balaban J connectivity index is 2.20. The van der Waals surface area contributed by atoms with Crippen molar-refractivity contribution in [3.05, 3.63) is 0 Å². The van der Waals surface area contributed by atoms with E-state index in [0.29, 0.717) is 12.0 Å². The molecule has 2 heterocycles. The summed E-state index contributed by atoms with van der Waals surface area (Å²) < 4.78 is 0. The van der Waals surface area contributed by atoms with Crippen molar-refractivity contribution in [2.45, 2.75) is 38.6 Å². The summed E-state index contributed by atoms with van der Waals surface area (Å²) in [4.78, 5) is 2.49. The van der Waals surface area contributed by atoms with Crippen LogP contribution in [0.25, 0.3) is 0 Å². The van der Waals surface area contributed by atoms with Gasteiger partial charge < -0.3 is 5.11 Å². The van der Waals surface area contributed by atoms with E-state index in [1.165, 1.54) is 32.4 Å². The van der Waals surface area contributed by atoms with Crippen molar-refractivity contribution in [2.24, 2.45) is 5.41 Å². The van der Waals surface area contributed by atoms with Crippen LogP contribution in [0, 0.1) is 5.41 Å². The number of nitrogens with zero attached hydrogens (tertiary/aromatic N) is 1. The van der Waals surface area contributed by atoms with Crippen LogP contribution in [0.1, 0.15) is 33.1 Å². The second kappa shape index (κ2) is 2.46. The summed E-state index contributed by atoms with van der Waals surface area (Å²) >= 11 is 0. The number of aliphatic hydroxyl groups is 1. The summed E-state index contributed by atoms with van der Waals surface area (Å²) in [6.45, 7) is 7.35. The highest BCUT2D eigenvalue weighted by atomic mass is 16.3. The maximum atomic E-state index is 9.42. The first-order valence-corrected chi connectivity index (χ1v) is 4.94. The number of aliphatic hydroxyl groups excluding tert-OH is 1. The molecule has 2 aliphatic heterocycles. The molecular formula is C10H19NO. The van der Waals surface area contributed by atoms with E-state index in [4.69, 9.17) is 0 Å². The zero-order valence-corrected chi connectivity index (χ0v) is 8.14. The van der Waals surface area contributed by atoms with Gasteiger partial charge in [-0.25, -0.2) is 0 Å². The van der Waals surface area contributed by atoms with Crippen LogP contribution < -0.4 is 0 Å². The molecule has 70 valence electrons. The molecule has 1 unspecified atom stereocenters. The smallest absolute Gasteiger partial charge is 0.0615 e. The fourth-order valence-electron chi connectivity index (χ4n) is 3.14. The monoisotopic (exact) mass is 169 g/mol. The highest BCUT2D eigenvalue weighted by Gasteiger charge is 2.50. The number of hydrogen-bond donors (Lipinski definition) is 1. The second-order valence-corrected chi connectivity index (χ2v) is 5.25. The van der Waals surface area contributed by atoms with Crippen molar-refractivity contribution in [1.82, 2.24) is 4.90 Å². The quantitative estimate of drug-likeness (QED) is 0.638. The molecule has 0 aromatic rings. The van der Waals surface area contributed by atoms with Gasteiger partial charge in [0, 0.05) is 12.1 Å². The summed E-state index contributed by atoms with van der Waals surface area (Å²) in [5.74, 6) is 0. The molecule has 2 rings (SSSR count). The largest absolute Gasteiger partial charge is 0.394 e. The third kappa shape index (κ3) is 1.09. The molecule has 0 bridgehead atoms. The fourth-order valence-corrected chi connectivity index (χ4v) is 3.14. The van der Waals surface area contributed by atoms with E-state index in [0.717, 1.165) is 0 Å². The van der Waals surface area contributed by atoms with E-state index >= 15 is 0 Å². The Bertz CT molecular complexity index is 190. The maximum Gasteiger partial charge on any atom is 0.0615 e. The predicted molar refractivity (Wildman–Crippen MR) is 49.0 cm³/mol. The van der Waals surface area contributed by atoms with Crippen molar-refractivity contribution in [3.63, 3.8) is 0 Å². The Morgan fingerprint density at radius 1 is 1.42 bits per heavy atom. The Labute approximate surface area is 74.6 Å². The van der Waals surface area contributed by atoms with Gasteiger partial charge in [-0.2, -0.15) is 0 Å². The second-order valence-electron chi connectivity index (χ2n) is 5.25. The SMILES string of the molecule is CC1(C)CN2CCCC2(CO)C1. The molecule has 0 aliphatic carbocycles. The van der Waals surface area contributed by atoms with E-state index in [2.05, 4.69) is 18.7 Å². The lowest BCUT2D eigenvalue weighted by Crippen LogP contribution is -2.41. The Kier molecular flexibility index (Phi) is 1.74. The van der Waals surface area contributed by atoms with Crippen molar-refractivity contribution >= 4 is 0 Å². The molecule has 2 saturated heterocycles. The van der Waals surface area contributed by atoms with Crippen molar-refractivity contribution in [1.29, 1.82) is 0 Å². The minimum absolute atomic E-state index is 0.170. The van der Waals surface area contributed by atoms with E-state index in [1.54, 1.807) is 0 Å². The van der Waals surface area contributed by atoms with E-state index in [9.17, 15) is 5.11 Å². The lowest BCUT2D eigenvalue weighted by Gasteiger charge is -2.29. The molecule has 0 spiro atoms. The summed E-state index contributed by atoms with van der Waals surface area (Å²) in [5, 5.41) is 9.42. The molecule has 0 saturated carbocycles. The average molecular weight is 169 g/mol. The van der Waals surface area contributed by atoms with Gasteiger partial charge in [0.1, 0.15) is 0 Å². The molecule has 0 radical (unpaired) electrons. The summed E-state index contributed by atoms with van der Waals surface area (Å²) in [6, 6.07) is 0. The zero-order chi connectivity index (χ0) is 8.82. The van der Waals surface area contributed by atoms with Crippen LogP contribution in [0.4, 0.5) is 0 Å². The van der Waals surface area contributed by atoms with Gasteiger partial charge >= 0.3 is 0 Å². The standard InChI is InChI=1S/C10H19NO/c1-9(2)6-10(8-12)4-3-5-11(10)7-9/h12H,3-8H2,1-2H3. The van der Waals surface area contributed by atoms with Crippen LogP contribution in [-0.4, -0.2) is 35.2 Å². The molecule has 2 nitrogen and oxygen atoms in total. The molecule has 2 heteroatoms. The molecule has 0 aromatic heterocycles. The van der Waals surface area contributed by atoms with Crippen LogP contribution >= 0.6 is 0 Å². The lowest BCUT2D eigenvalue weighted by atomic mass is 9.83. The molecular weight excluding hydrogens is 150 g/mol. The van der Waals surface area contributed by atoms with Crippen LogP contribution in [-0.2, 0) is 0 Å². The molecule has 2 aliphatic rings. The molecule has 12 heavy (non-hydrogen) atoms. The highest BCUT2D eigenvalue weighted by molar-refractivity contribution is 5.05. The Hall–Kier alpha value is -0.0800. The van der Waals surface area contributed by atoms with Gasteiger partial charge in [0.05, 0.1) is 6.61 Å².